The van der Waals surface area contributed by atoms with E-state index in [9.17, 15) is 19.8 Å². The van der Waals surface area contributed by atoms with Crippen molar-refractivity contribution in [1.82, 2.24) is 9.97 Å². The smallest absolute Gasteiger partial charge is 0.352 e. The van der Waals surface area contributed by atoms with Gasteiger partial charge in [-0.1, -0.05) is 0 Å². The number of H-pyrrole nitrogens is 2. The van der Waals surface area contributed by atoms with Gasteiger partial charge in [-0.2, -0.15) is 0 Å². The first-order chi connectivity index (χ1) is 9.41. The van der Waals surface area contributed by atoms with E-state index in [1.807, 2.05) is 0 Å². The molecular weight excluding hydrogens is 260 g/mol. The van der Waals surface area contributed by atoms with E-state index in [4.69, 9.17) is 0 Å². The Kier molecular flexibility index (Phi) is 2.50. The number of hydrogen-bond acceptors (Lipinski definition) is 2. The molecule has 2 aromatic heterocycles. The first kappa shape index (κ1) is 12.5. The van der Waals surface area contributed by atoms with Crippen LogP contribution in [0.15, 0.2) is 0 Å². The Morgan fingerprint density at radius 3 is 1.50 bits per heavy atom. The Balaban J connectivity index is 2.30. The predicted octanol–water partition coefficient (Wildman–Crippen LogP) is 2.12. The number of aromatic carboxylic acids is 2. The molecule has 3 rings (SSSR count). The van der Waals surface area contributed by atoms with Crippen molar-refractivity contribution in [3.63, 3.8) is 0 Å². The molecule has 20 heavy (non-hydrogen) atoms. The fourth-order valence-electron chi connectivity index (χ4n) is 3.05. The second-order valence-corrected chi connectivity index (χ2v) is 5.07. The molecule has 0 fully saturated rings. The summed E-state index contributed by atoms with van der Waals surface area (Å²) in [7, 11) is 0. The van der Waals surface area contributed by atoms with Crippen molar-refractivity contribution in [1.29, 1.82) is 0 Å². The van der Waals surface area contributed by atoms with Crippen molar-refractivity contribution in [2.75, 3.05) is 0 Å². The lowest BCUT2D eigenvalue weighted by Gasteiger charge is -2.14. The van der Waals surface area contributed by atoms with Crippen LogP contribution in [0.2, 0.25) is 0 Å². The zero-order chi connectivity index (χ0) is 14.6. The van der Waals surface area contributed by atoms with Crippen LogP contribution >= 0.6 is 0 Å². The Morgan fingerprint density at radius 1 is 0.850 bits per heavy atom. The quantitative estimate of drug-likeness (QED) is 0.673. The third-order valence-electron chi connectivity index (χ3n) is 3.96. The molecule has 0 saturated heterocycles. The zero-order valence-electron chi connectivity index (χ0n) is 11.1. The summed E-state index contributed by atoms with van der Waals surface area (Å²) in [4.78, 5) is 28.3. The maximum Gasteiger partial charge on any atom is 0.352 e. The van der Waals surface area contributed by atoms with Crippen LogP contribution in [0.3, 0.4) is 0 Å². The topological polar surface area (TPSA) is 106 Å². The maximum absolute atomic E-state index is 11.2. The number of carboxylic acids is 2. The average Bonchev–Trinajstić information content (AvgIpc) is 2.88. The summed E-state index contributed by atoms with van der Waals surface area (Å²) in [5.41, 5.74) is 5.09. The Labute approximate surface area is 114 Å². The molecule has 0 radical (unpaired) electrons. The Morgan fingerprint density at radius 2 is 1.20 bits per heavy atom. The molecule has 6 nitrogen and oxygen atoms in total. The van der Waals surface area contributed by atoms with E-state index in [0.29, 0.717) is 24.0 Å². The minimum atomic E-state index is -0.995. The fraction of sp³-hybridized carbons (Fsp3) is 0.286. The van der Waals surface area contributed by atoms with Crippen LogP contribution in [-0.2, 0) is 12.8 Å². The summed E-state index contributed by atoms with van der Waals surface area (Å²) in [6, 6.07) is 0. The third-order valence-corrected chi connectivity index (χ3v) is 3.96. The summed E-state index contributed by atoms with van der Waals surface area (Å²) in [5.74, 6) is -1.99. The van der Waals surface area contributed by atoms with Crippen LogP contribution in [0, 0.1) is 13.8 Å². The average molecular weight is 274 g/mol. The minimum absolute atomic E-state index is 0.181. The number of carboxylic acid groups (broad SMARTS) is 2. The molecule has 1 aliphatic carbocycles. The Bertz CT molecular complexity index is 688. The second kappa shape index (κ2) is 4.00. The summed E-state index contributed by atoms with van der Waals surface area (Å²) < 4.78 is 0. The summed E-state index contributed by atoms with van der Waals surface area (Å²) >= 11 is 0. The van der Waals surface area contributed by atoms with Gasteiger partial charge in [0.1, 0.15) is 11.4 Å². The first-order valence-electron chi connectivity index (χ1n) is 6.31. The molecule has 4 N–H and O–H groups in total. The molecule has 0 bridgehead atoms. The van der Waals surface area contributed by atoms with Crippen LogP contribution in [0.5, 0.6) is 0 Å². The van der Waals surface area contributed by atoms with Crippen molar-refractivity contribution in [3.8, 4) is 11.1 Å². The van der Waals surface area contributed by atoms with Gasteiger partial charge in [-0.3, -0.25) is 0 Å². The molecule has 0 aliphatic heterocycles. The highest BCUT2D eigenvalue weighted by Crippen LogP contribution is 2.40. The van der Waals surface area contributed by atoms with E-state index in [-0.39, 0.29) is 11.4 Å². The lowest BCUT2D eigenvalue weighted by atomic mass is 9.90. The first-order valence-corrected chi connectivity index (χ1v) is 6.31. The van der Waals surface area contributed by atoms with Crippen molar-refractivity contribution in [2.24, 2.45) is 0 Å². The van der Waals surface area contributed by atoms with Crippen molar-refractivity contribution < 1.29 is 19.8 Å². The zero-order valence-corrected chi connectivity index (χ0v) is 11.1. The number of hydrogen-bond donors (Lipinski definition) is 4. The van der Waals surface area contributed by atoms with Gasteiger partial charge in [0.05, 0.1) is 0 Å². The summed E-state index contributed by atoms with van der Waals surface area (Å²) in [5, 5.41) is 18.4. The number of rotatable bonds is 2. The molecule has 0 aromatic carbocycles. The normalized spacial score (nSPS) is 12.9. The molecule has 104 valence electrons. The number of aryl methyl sites for hydroxylation is 2. The van der Waals surface area contributed by atoms with Crippen molar-refractivity contribution in [3.05, 3.63) is 33.9 Å². The van der Waals surface area contributed by atoms with Gasteiger partial charge in [-0.25, -0.2) is 9.59 Å². The van der Waals surface area contributed by atoms with Gasteiger partial charge < -0.3 is 20.2 Å². The summed E-state index contributed by atoms with van der Waals surface area (Å²) in [6.45, 7) is 3.50. The Hall–Kier alpha value is -2.50. The molecule has 0 atom stereocenters. The minimum Gasteiger partial charge on any atom is -0.477 e. The highest BCUT2D eigenvalue weighted by atomic mass is 16.4. The van der Waals surface area contributed by atoms with Crippen LogP contribution in [0.1, 0.15) is 43.5 Å². The van der Waals surface area contributed by atoms with Gasteiger partial charge in [-0.05, 0) is 37.8 Å². The van der Waals surface area contributed by atoms with Gasteiger partial charge in [0, 0.05) is 22.5 Å². The van der Waals surface area contributed by atoms with Crippen LogP contribution in [0.25, 0.3) is 11.1 Å². The third kappa shape index (κ3) is 1.51. The van der Waals surface area contributed by atoms with Gasteiger partial charge >= 0.3 is 11.9 Å². The van der Waals surface area contributed by atoms with Crippen LogP contribution in [-0.4, -0.2) is 32.1 Å². The van der Waals surface area contributed by atoms with E-state index >= 15 is 0 Å². The van der Waals surface area contributed by atoms with E-state index in [2.05, 4.69) is 9.97 Å². The van der Waals surface area contributed by atoms with E-state index in [0.717, 1.165) is 22.5 Å². The lowest BCUT2D eigenvalue weighted by Crippen LogP contribution is -2.03. The maximum atomic E-state index is 11.2. The van der Waals surface area contributed by atoms with Crippen LogP contribution < -0.4 is 0 Å². The van der Waals surface area contributed by atoms with Gasteiger partial charge in [0.2, 0.25) is 0 Å². The highest BCUT2D eigenvalue weighted by molar-refractivity contribution is 5.96. The second-order valence-electron chi connectivity index (χ2n) is 5.07. The van der Waals surface area contributed by atoms with E-state index in [1.54, 1.807) is 13.8 Å². The standard InChI is InChI=1S/C14H14N2O4/c1-5-9-7(15-11(5)13(17)18)3-4-8-10(9)6(2)12(16-8)14(19)20/h15-16H,3-4H2,1-2H3,(H,17,18)(H,19,20). The number of fused-ring (bicyclic) bond motifs is 3. The van der Waals surface area contributed by atoms with E-state index in [1.165, 1.54) is 0 Å². The molecule has 2 aromatic rings. The monoisotopic (exact) mass is 274 g/mol. The SMILES string of the molecule is Cc1c(C(=O)O)[nH]c2c1-c1c([nH]c(C(=O)O)c1C)CC2. The number of aromatic nitrogens is 2. The molecule has 2 heterocycles. The predicted molar refractivity (Wildman–Crippen MR) is 71.4 cm³/mol. The molecule has 0 saturated carbocycles. The van der Waals surface area contributed by atoms with Gasteiger partial charge in [0.25, 0.3) is 0 Å². The molecule has 0 unspecified atom stereocenters. The van der Waals surface area contributed by atoms with Gasteiger partial charge in [-0.15, -0.1) is 0 Å². The fourth-order valence-corrected chi connectivity index (χ4v) is 3.05. The number of nitrogens with one attached hydrogen (secondary N) is 2. The number of carbonyl (C=O) groups is 2. The van der Waals surface area contributed by atoms with Crippen molar-refractivity contribution in [2.45, 2.75) is 26.7 Å². The molecule has 0 amide bonds. The molecule has 0 spiro atoms. The van der Waals surface area contributed by atoms with Gasteiger partial charge in [0.15, 0.2) is 0 Å². The molecule has 6 heteroatoms. The lowest BCUT2D eigenvalue weighted by molar-refractivity contribution is 0.0679. The largest absolute Gasteiger partial charge is 0.477 e. The van der Waals surface area contributed by atoms with Crippen LogP contribution in [0.4, 0.5) is 0 Å². The van der Waals surface area contributed by atoms with E-state index < -0.39 is 11.9 Å². The summed E-state index contributed by atoms with van der Waals surface area (Å²) in [6.07, 6.45) is 1.35. The van der Waals surface area contributed by atoms with Crippen molar-refractivity contribution >= 4 is 11.9 Å². The molecule has 1 aliphatic rings. The highest BCUT2D eigenvalue weighted by Gasteiger charge is 2.29. The number of aromatic amines is 2. The molecular formula is C14H14N2O4.